The molecule has 3 nitrogen and oxygen atoms in total. The fourth-order valence-electron chi connectivity index (χ4n) is 3.01. The second-order valence-corrected chi connectivity index (χ2v) is 6.17. The summed E-state index contributed by atoms with van der Waals surface area (Å²) < 4.78 is 6.07. The lowest BCUT2D eigenvalue weighted by Crippen LogP contribution is -2.36. The molecule has 23 heavy (non-hydrogen) atoms. The van der Waals surface area contributed by atoms with Gasteiger partial charge in [0, 0.05) is 6.04 Å². The third kappa shape index (κ3) is 5.47. The predicted octanol–water partition coefficient (Wildman–Crippen LogP) is 4.24. The fraction of sp³-hybridized carbons (Fsp3) is 0.400. The van der Waals surface area contributed by atoms with Crippen molar-refractivity contribution in [2.75, 3.05) is 0 Å². The molecule has 0 radical (unpaired) electrons. The van der Waals surface area contributed by atoms with Gasteiger partial charge in [0.15, 0.2) is 0 Å². The van der Waals surface area contributed by atoms with Crippen molar-refractivity contribution in [2.45, 2.75) is 51.0 Å². The van der Waals surface area contributed by atoms with Gasteiger partial charge in [-0.3, -0.25) is 4.84 Å². The Balaban J connectivity index is 1.38. The van der Waals surface area contributed by atoms with Gasteiger partial charge in [-0.25, -0.2) is 0 Å². The predicted molar refractivity (Wildman–Crippen MR) is 91.6 cm³/mol. The highest BCUT2D eigenvalue weighted by Crippen LogP contribution is 2.22. The lowest BCUT2D eigenvalue weighted by Gasteiger charge is -2.29. The van der Waals surface area contributed by atoms with E-state index >= 15 is 0 Å². The molecule has 1 fully saturated rings. The van der Waals surface area contributed by atoms with Crippen molar-refractivity contribution < 1.29 is 9.57 Å². The summed E-state index contributed by atoms with van der Waals surface area (Å²) in [6, 6.07) is 21.0. The quantitative estimate of drug-likeness (QED) is 0.776. The minimum atomic E-state index is 0.321. The topological polar surface area (TPSA) is 30.5 Å². The van der Waals surface area contributed by atoms with Gasteiger partial charge in [0.25, 0.3) is 0 Å². The van der Waals surface area contributed by atoms with Crippen LogP contribution in [0.3, 0.4) is 0 Å². The van der Waals surface area contributed by atoms with E-state index in [1.54, 1.807) is 0 Å². The van der Waals surface area contributed by atoms with Crippen molar-refractivity contribution in [2.24, 2.45) is 0 Å². The molecule has 2 aromatic rings. The average Bonchev–Trinajstić information content (AvgIpc) is 2.62. The van der Waals surface area contributed by atoms with Crippen LogP contribution in [0.1, 0.15) is 36.8 Å². The molecular formula is C20H25NO2. The first-order chi connectivity index (χ1) is 11.4. The van der Waals surface area contributed by atoms with Crippen LogP contribution in [0.2, 0.25) is 0 Å². The third-order valence-electron chi connectivity index (χ3n) is 4.29. The minimum absolute atomic E-state index is 0.321. The summed E-state index contributed by atoms with van der Waals surface area (Å²) in [5.41, 5.74) is 5.64. The molecule has 1 aliphatic rings. The molecule has 2 unspecified atom stereocenters. The summed E-state index contributed by atoms with van der Waals surface area (Å²) >= 11 is 0. The van der Waals surface area contributed by atoms with Crippen molar-refractivity contribution in [1.82, 2.24) is 5.48 Å². The molecule has 122 valence electrons. The van der Waals surface area contributed by atoms with E-state index in [1.807, 2.05) is 24.3 Å². The average molecular weight is 311 g/mol. The van der Waals surface area contributed by atoms with Crippen LogP contribution < -0.4 is 5.48 Å². The number of ether oxygens (including phenoxy) is 1. The molecule has 0 amide bonds. The molecule has 1 aliphatic carbocycles. The summed E-state index contributed by atoms with van der Waals surface area (Å²) in [7, 11) is 0. The summed E-state index contributed by atoms with van der Waals surface area (Å²) in [5.74, 6) is 0. The van der Waals surface area contributed by atoms with Crippen LogP contribution >= 0.6 is 0 Å². The zero-order valence-electron chi connectivity index (χ0n) is 13.5. The van der Waals surface area contributed by atoms with Crippen LogP contribution in [0.5, 0.6) is 0 Å². The highest BCUT2D eigenvalue weighted by molar-refractivity contribution is 5.14. The maximum Gasteiger partial charge on any atom is 0.0933 e. The second-order valence-electron chi connectivity index (χ2n) is 6.17. The van der Waals surface area contributed by atoms with E-state index in [4.69, 9.17) is 9.57 Å². The molecule has 0 bridgehead atoms. The third-order valence-corrected chi connectivity index (χ3v) is 4.29. The summed E-state index contributed by atoms with van der Waals surface area (Å²) in [6.07, 6.45) is 4.82. The first kappa shape index (κ1) is 16.2. The molecule has 0 saturated heterocycles. The van der Waals surface area contributed by atoms with Gasteiger partial charge in [-0.15, -0.1) is 0 Å². The van der Waals surface area contributed by atoms with Gasteiger partial charge in [0.1, 0.15) is 0 Å². The summed E-state index contributed by atoms with van der Waals surface area (Å²) in [4.78, 5) is 5.66. The van der Waals surface area contributed by atoms with E-state index in [0.717, 1.165) is 19.3 Å². The zero-order chi connectivity index (χ0) is 15.7. The molecule has 3 rings (SSSR count). The molecule has 2 atom stereocenters. The number of benzene rings is 2. The summed E-state index contributed by atoms with van der Waals surface area (Å²) in [5, 5.41) is 0. The molecule has 1 N–H and O–H groups in total. The van der Waals surface area contributed by atoms with Gasteiger partial charge in [-0.2, -0.15) is 5.48 Å². The molecular weight excluding hydrogens is 286 g/mol. The number of hydrogen-bond donors (Lipinski definition) is 1. The Morgan fingerprint density at radius 1 is 0.826 bits per heavy atom. The number of rotatable bonds is 7. The van der Waals surface area contributed by atoms with Gasteiger partial charge in [0.2, 0.25) is 0 Å². The Hall–Kier alpha value is -1.68. The van der Waals surface area contributed by atoms with Gasteiger partial charge >= 0.3 is 0 Å². The normalized spacial score (nSPS) is 21.2. The van der Waals surface area contributed by atoms with E-state index in [2.05, 4.69) is 41.9 Å². The molecule has 1 saturated carbocycles. The van der Waals surface area contributed by atoms with Crippen LogP contribution in [0, 0.1) is 0 Å². The molecule has 0 aliphatic heterocycles. The SMILES string of the molecule is c1ccc(CONC2CCCC(OCc3ccccc3)C2)cc1. The molecule has 0 spiro atoms. The van der Waals surface area contributed by atoms with E-state index in [1.165, 1.54) is 17.5 Å². The Labute approximate surface area is 138 Å². The van der Waals surface area contributed by atoms with E-state index in [9.17, 15) is 0 Å². The monoisotopic (exact) mass is 311 g/mol. The molecule has 0 aromatic heterocycles. The first-order valence-corrected chi connectivity index (χ1v) is 8.47. The van der Waals surface area contributed by atoms with E-state index in [0.29, 0.717) is 25.4 Å². The van der Waals surface area contributed by atoms with Gasteiger partial charge < -0.3 is 4.74 Å². The highest BCUT2D eigenvalue weighted by atomic mass is 16.6. The molecule has 2 aromatic carbocycles. The van der Waals surface area contributed by atoms with Crippen molar-refractivity contribution in [3.63, 3.8) is 0 Å². The van der Waals surface area contributed by atoms with Crippen LogP contribution in [0.15, 0.2) is 60.7 Å². The van der Waals surface area contributed by atoms with Gasteiger partial charge in [-0.05, 0) is 36.8 Å². The Kier molecular flexibility index (Phi) is 6.21. The summed E-state index contributed by atoms with van der Waals surface area (Å²) in [6.45, 7) is 1.30. The van der Waals surface area contributed by atoms with E-state index < -0.39 is 0 Å². The molecule has 0 heterocycles. The van der Waals surface area contributed by atoms with Crippen molar-refractivity contribution in [3.8, 4) is 0 Å². The largest absolute Gasteiger partial charge is 0.373 e. The van der Waals surface area contributed by atoms with Crippen LogP contribution in [-0.4, -0.2) is 12.1 Å². The first-order valence-electron chi connectivity index (χ1n) is 8.47. The fourth-order valence-corrected chi connectivity index (χ4v) is 3.01. The highest BCUT2D eigenvalue weighted by Gasteiger charge is 2.22. The van der Waals surface area contributed by atoms with Crippen LogP contribution in [-0.2, 0) is 22.8 Å². The number of nitrogens with one attached hydrogen (secondary N) is 1. The molecule has 3 heteroatoms. The lowest BCUT2D eigenvalue weighted by molar-refractivity contribution is -0.0425. The van der Waals surface area contributed by atoms with Gasteiger partial charge in [-0.1, -0.05) is 60.7 Å². The van der Waals surface area contributed by atoms with Crippen molar-refractivity contribution in [1.29, 1.82) is 0 Å². The maximum atomic E-state index is 6.07. The van der Waals surface area contributed by atoms with Crippen molar-refractivity contribution in [3.05, 3.63) is 71.8 Å². The minimum Gasteiger partial charge on any atom is -0.373 e. The van der Waals surface area contributed by atoms with Crippen LogP contribution in [0.4, 0.5) is 0 Å². The van der Waals surface area contributed by atoms with E-state index in [-0.39, 0.29) is 0 Å². The Bertz CT molecular complexity index is 558. The second kappa shape index (κ2) is 8.82. The maximum absolute atomic E-state index is 6.07. The lowest BCUT2D eigenvalue weighted by atomic mass is 9.93. The standard InChI is InChI=1S/C20H25NO2/c1-3-8-17(9-4-1)15-22-20-13-7-12-19(14-20)21-23-16-18-10-5-2-6-11-18/h1-6,8-11,19-21H,7,12-16H2. The number of hydrogen-bond acceptors (Lipinski definition) is 3. The Morgan fingerprint density at radius 3 is 2.17 bits per heavy atom. The van der Waals surface area contributed by atoms with Gasteiger partial charge in [0.05, 0.1) is 19.3 Å². The number of hydroxylamine groups is 1. The zero-order valence-corrected chi connectivity index (χ0v) is 13.5. The Morgan fingerprint density at radius 2 is 1.48 bits per heavy atom. The van der Waals surface area contributed by atoms with Crippen LogP contribution in [0.25, 0.3) is 0 Å². The smallest absolute Gasteiger partial charge is 0.0933 e. The van der Waals surface area contributed by atoms with Crippen molar-refractivity contribution >= 4 is 0 Å².